The summed E-state index contributed by atoms with van der Waals surface area (Å²) in [5.74, 6) is -4.52. The van der Waals surface area contributed by atoms with Gasteiger partial charge in [-0.25, -0.2) is 18.2 Å². The van der Waals surface area contributed by atoms with E-state index in [0.717, 1.165) is 12.1 Å². The Morgan fingerprint density at radius 1 is 1.00 bits per heavy atom. The monoisotopic (exact) mass is 754 g/mol. The van der Waals surface area contributed by atoms with Crippen LogP contribution in [0, 0.1) is 0 Å². The van der Waals surface area contributed by atoms with Crippen LogP contribution in [0.3, 0.4) is 0 Å². The van der Waals surface area contributed by atoms with E-state index < -0.39 is 57.2 Å². The molecule has 3 aromatic rings. The second-order valence-corrected chi connectivity index (χ2v) is 15.6. The number of carbonyl (C=O) groups is 2. The Balaban J connectivity index is 1.39. The van der Waals surface area contributed by atoms with E-state index >= 15 is 8.78 Å². The molecule has 0 saturated carbocycles. The number of amides is 2. The molecule has 3 atom stereocenters. The molecule has 2 aliphatic heterocycles. The molecular formula is C32H34BrClF2N4O6S. The third kappa shape index (κ3) is 8.40. The van der Waals surface area contributed by atoms with Gasteiger partial charge in [0.05, 0.1) is 9.92 Å². The smallest absolute Gasteiger partial charge is 0.407 e. The third-order valence-corrected chi connectivity index (χ3v) is 10.1. The summed E-state index contributed by atoms with van der Waals surface area (Å²) in [6.45, 7) is 5.22. The Morgan fingerprint density at radius 3 is 2.17 bits per heavy atom. The van der Waals surface area contributed by atoms with E-state index in [-0.39, 0.29) is 22.6 Å². The van der Waals surface area contributed by atoms with Crippen LogP contribution < -0.4 is 14.8 Å². The number of nitrogens with one attached hydrogen (secondary N) is 2. The van der Waals surface area contributed by atoms with Crippen molar-refractivity contribution in [2.24, 2.45) is 0 Å². The lowest BCUT2D eigenvalue weighted by Crippen LogP contribution is -2.61. The molecule has 15 heteroatoms. The van der Waals surface area contributed by atoms with Crippen molar-refractivity contribution in [3.8, 4) is 11.6 Å². The van der Waals surface area contributed by atoms with Gasteiger partial charge < -0.3 is 19.7 Å². The number of piperidine rings is 1. The first-order valence-corrected chi connectivity index (χ1v) is 17.5. The number of alkyl carbamates (subject to hydrolysis) is 1. The Morgan fingerprint density at radius 2 is 1.62 bits per heavy atom. The molecule has 2 N–H and O–H groups in total. The summed E-state index contributed by atoms with van der Waals surface area (Å²) in [6, 6.07) is 9.47. The number of alkyl halides is 2. The molecule has 0 aliphatic carbocycles. The van der Waals surface area contributed by atoms with Crippen LogP contribution >= 0.6 is 27.5 Å². The topological polar surface area (TPSA) is 127 Å². The standard InChI is InChI=1S/C32H34BrClF2N4O6S/c1-31(2,3)46-30(42)38-22-16-23-9-10-24(17-22)40(23)29(41)28(32(35,36)19-4-6-20(33)7-5-19)39-47(43,44)26-13-11-25(12-14-26)45-27-15-8-21(34)18-37-27/h4-8,11-15,18,22-24,28,39H,9-10,16-17H2,1-3H3,(H,38,42). The maximum absolute atomic E-state index is 16.3. The van der Waals surface area contributed by atoms with Crippen molar-refractivity contribution < 1.29 is 36.3 Å². The highest BCUT2D eigenvalue weighted by molar-refractivity contribution is 9.10. The van der Waals surface area contributed by atoms with Gasteiger partial charge in [-0.1, -0.05) is 39.7 Å². The van der Waals surface area contributed by atoms with Crippen molar-refractivity contribution in [3.05, 3.63) is 81.9 Å². The van der Waals surface area contributed by atoms with E-state index in [1.807, 2.05) is 4.72 Å². The fraction of sp³-hybridized carbons (Fsp3) is 0.406. The van der Waals surface area contributed by atoms with Gasteiger partial charge in [0.15, 0.2) is 6.04 Å². The lowest BCUT2D eigenvalue weighted by atomic mass is 9.94. The molecule has 2 aliphatic rings. The van der Waals surface area contributed by atoms with Crippen LogP contribution in [0.4, 0.5) is 13.6 Å². The van der Waals surface area contributed by atoms with Gasteiger partial charge in [0.25, 0.3) is 5.92 Å². The highest BCUT2D eigenvalue weighted by atomic mass is 79.9. The zero-order valence-electron chi connectivity index (χ0n) is 25.8. The summed E-state index contributed by atoms with van der Waals surface area (Å²) in [4.78, 5) is 31.6. The lowest BCUT2D eigenvalue weighted by molar-refractivity contribution is -0.149. The molecule has 3 unspecified atom stereocenters. The Labute approximate surface area is 285 Å². The molecular weight excluding hydrogens is 722 g/mol. The van der Waals surface area contributed by atoms with Crippen LogP contribution in [0.1, 0.15) is 52.0 Å². The molecule has 47 heavy (non-hydrogen) atoms. The van der Waals surface area contributed by atoms with E-state index in [2.05, 4.69) is 26.2 Å². The van der Waals surface area contributed by atoms with Crippen molar-refractivity contribution in [1.29, 1.82) is 0 Å². The highest BCUT2D eigenvalue weighted by Crippen LogP contribution is 2.40. The number of benzene rings is 2. The van der Waals surface area contributed by atoms with Gasteiger partial charge in [-0.3, -0.25) is 4.79 Å². The Bertz CT molecular complexity index is 1690. The summed E-state index contributed by atoms with van der Waals surface area (Å²) in [6.07, 6.45) is 2.46. The van der Waals surface area contributed by atoms with Crippen LogP contribution in [-0.4, -0.2) is 60.1 Å². The zero-order valence-corrected chi connectivity index (χ0v) is 28.9. The number of pyridine rings is 1. The number of nitrogens with zero attached hydrogens (tertiary/aromatic N) is 2. The number of hydrogen-bond donors (Lipinski definition) is 2. The Hall–Kier alpha value is -3.33. The van der Waals surface area contributed by atoms with Crippen molar-refractivity contribution in [1.82, 2.24) is 19.9 Å². The van der Waals surface area contributed by atoms with Gasteiger partial charge in [-0.2, -0.15) is 13.5 Å². The van der Waals surface area contributed by atoms with Gasteiger partial charge in [-0.05, 0) is 88.9 Å². The SMILES string of the molecule is CC(C)(C)OC(=O)NC1CC2CCC(C1)N2C(=O)C(NS(=O)(=O)c1ccc(Oc2ccc(Cl)cn2)cc1)C(F)(F)c1ccc(Br)cc1. The maximum atomic E-state index is 16.3. The van der Waals surface area contributed by atoms with Crippen LogP contribution in [0.2, 0.25) is 5.02 Å². The minimum Gasteiger partial charge on any atom is -0.444 e. The van der Waals surface area contributed by atoms with Crippen LogP contribution in [0.15, 0.2) is 76.2 Å². The molecule has 5 rings (SSSR count). The largest absolute Gasteiger partial charge is 0.444 e. The second kappa shape index (κ2) is 13.7. The van der Waals surface area contributed by atoms with Crippen molar-refractivity contribution >= 4 is 49.6 Å². The second-order valence-electron chi connectivity index (χ2n) is 12.5. The van der Waals surface area contributed by atoms with Crippen LogP contribution in [-0.2, 0) is 25.5 Å². The van der Waals surface area contributed by atoms with Crippen LogP contribution in [0.25, 0.3) is 0 Å². The Kier molecular flexibility index (Phi) is 10.2. The van der Waals surface area contributed by atoms with E-state index in [9.17, 15) is 18.0 Å². The molecule has 2 aromatic carbocycles. The lowest BCUT2D eigenvalue weighted by Gasteiger charge is -2.42. The van der Waals surface area contributed by atoms with E-state index in [4.69, 9.17) is 21.1 Å². The minimum absolute atomic E-state index is 0.211. The molecule has 0 radical (unpaired) electrons. The fourth-order valence-electron chi connectivity index (χ4n) is 5.85. The summed E-state index contributed by atoms with van der Waals surface area (Å²) in [5, 5.41) is 3.23. The molecule has 252 valence electrons. The molecule has 2 fully saturated rings. The van der Waals surface area contributed by atoms with Gasteiger partial charge in [0.2, 0.25) is 21.8 Å². The number of sulfonamides is 1. The van der Waals surface area contributed by atoms with E-state index in [1.165, 1.54) is 53.6 Å². The predicted octanol–water partition coefficient (Wildman–Crippen LogP) is 6.78. The fourth-order valence-corrected chi connectivity index (χ4v) is 7.42. The molecule has 2 bridgehead atoms. The van der Waals surface area contributed by atoms with Gasteiger partial charge in [-0.15, -0.1) is 0 Å². The third-order valence-electron chi connectivity index (χ3n) is 7.88. The first-order chi connectivity index (χ1) is 22.0. The van der Waals surface area contributed by atoms with E-state index in [1.54, 1.807) is 26.8 Å². The quantitative estimate of drug-likeness (QED) is 0.247. The zero-order chi connectivity index (χ0) is 34.1. The summed E-state index contributed by atoms with van der Waals surface area (Å²) in [7, 11) is -4.65. The van der Waals surface area contributed by atoms with Crippen LogP contribution in [0.5, 0.6) is 11.6 Å². The minimum atomic E-state index is -4.65. The molecule has 3 heterocycles. The number of aromatic nitrogens is 1. The molecule has 0 spiro atoms. The van der Waals surface area contributed by atoms with Crippen molar-refractivity contribution in [2.75, 3.05) is 0 Å². The van der Waals surface area contributed by atoms with E-state index in [0.29, 0.717) is 35.2 Å². The normalized spacial score (nSPS) is 20.4. The number of fused-ring (bicyclic) bond motifs is 2. The predicted molar refractivity (Wildman–Crippen MR) is 174 cm³/mol. The number of hydrogen-bond acceptors (Lipinski definition) is 7. The molecule has 2 saturated heterocycles. The number of rotatable bonds is 9. The average Bonchev–Trinajstić information content (AvgIpc) is 3.26. The van der Waals surface area contributed by atoms with Gasteiger partial charge in [0.1, 0.15) is 11.4 Å². The van der Waals surface area contributed by atoms with Crippen molar-refractivity contribution in [3.63, 3.8) is 0 Å². The summed E-state index contributed by atoms with van der Waals surface area (Å²) in [5.41, 5.74) is -1.24. The first kappa shape index (κ1) is 35.0. The summed E-state index contributed by atoms with van der Waals surface area (Å²) < 4.78 is 73.3. The first-order valence-electron chi connectivity index (χ1n) is 14.9. The number of halogens is 4. The summed E-state index contributed by atoms with van der Waals surface area (Å²) >= 11 is 9.07. The van der Waals surface area contributed by atoms with Gasteiger partial charge in [0, 0.05) is 40.4 Å². The average molecular weight is 756 g/mol. The molecule has 2 amide bonds. The molecule has 10 nitrogen and oxygen atoms in total. The highest BCUT2D eigenvalue weighted by Gasteiger charge is 2.54. The number of carbonyl (C=O) groups excluding carboxylic acids is 2. The number of ether oxygens (including phenoxy) is 2. The van der Waals surface area contributed by atoms with Gasteiger partial charge >= 0.3 is 6.09 Å². The maximum Gasteiger partial charge on any atom is 0.407 e. The van der Waals surface area contributed by atoms with Crippen molar-refractivity contribution in [2.45, 2.75) is 87.0 Å². The molecule has 1 aromatic heterocycles.